The number of rotatable bonds is 6. The highest BCUT2D eigenvalue weighted by Gasteiger charge is 2.19. The van der Waals surface area contributed by atoms with Crippen LogP contribution in [-0.2, 0) is 6.54 Å². The average Bonchev–Trinajstić information content (AvgIpc) is 2.80. The molecule has 1 heterocycles. The number of methoxy groups -OCH3 is 2. The van der Waals surface area contributed by atoms with E-state index in [2.05, 4.69) is 42.0 Å². The Hall–Kier alpha value is -0.910. The number of ether oxygens (including phenoxy) is 2. The van der Waals surface area contributed by atoms with Crippen LogP contribution in [0.3, 0.4) is 0 Å². The van der Waals surface area contributed by atoms with E-state index in [-0.39, 0.29) is 0 Å². The Morgan fingerprint density at radius 2 is 1.78 bits per heavy atom. The SMILES string of the molecule is COc1cc(SC)c(OC)cc1CN1CCCN(C(C)C)CC1. The summed E-state index contributed by atoms with van der Waals surface area (Å²) in [5.41, 5.74) is 1.21. The minimum absolute atomic E-state index is 0.630. The zero-order chi connectivity index (χ0) is 16.8. The van der Waals surface area contributed by atoms with Crippen LogP contribution in [-0.4, -0.2) is 62.5 Å². The molecule has 1 saturated heterocycles. The molecule has 130 valence electrons. The molecule has 0 amide bonds. The third kappa shape index (κ3) is 4.78. The Balaban J connectivity index is 2.12. The highest BCUT2D eigenvalue weighted by atomic mass is 32.2. The summed E-state index contributed by atoms with van der Waals surface area (Å²) in [6, 6.07) is 4.86. The van der Waals surface area contributed by atoms with Crippen molar-refractivity contribution in [3.63, 3.8) is 0 Å². The molecule has 4 nitrogen and oxygen atoms in total. The number of benzene rings is 1. The standard InChI is InChI=1S/C18H30N2O2S/c1-14(2)20-8-6-7-19(9-10-20)13-15-11-17(22-4)18(23-5)12-16(15)21-3/h11-12,14H,6-10,13H2,1-5H3. The number of hydrogen-bond donors (Lipinski definition) is 0. The lowest BCUT2D eigenvalue weighted by atomic mass is 10.1. The van der Waals surface area contributed by atoms with Gasteiger partial charge in [-0.3, -0.25) is 9.80 Å². The van der Waals surface area contributed by atoms with Gasteiger partial charge < -0.3 is 9.47 Å². The van der Waals surface area contributed by atoms with Gasteiger partial charge in [0, 0.05) is 31.2 Å². The molecule has 1 fully saturated rings. The van der Waals surface area contributed by atoms with Crippen molar-refractivity contribution < 1.29 is 9.47 Å². The Morgan fingerprint density at radius 3 is 2.39 bits per heavy atom. The summed E-state index contributed by atoms with van der Waals surface area (Å²) in [4.78, 5) is 6.21. The first-order chi connectivity index (χ1) is 11.1. The molecule has 0 spiro atoms. The van der Waals surface area contributed by atoms with Crippen molar-refractivity contribution in [2.24, 2.45) is 0 Å². The molecule has 0 aromatic heterocycles. The largest absolute Gasteiger partial charge is 0.496 e. The normalized spacial score (nSPS) is 17.3. The fourth-order valence-electron chi connectivity index (χ4n) is 3.12. The van der Waals surface area contributed by atoms with Gasteiger partial charge in [-0.05, 0) is 51.7 Å². The lowest BCUT2D eigenvalue weighted by molar-refractivity contribution is 0.217. The summed E-state index contributed by atoms with van der Waals surface area (Å²) in [5, 5.41) is 0. The number of hydrogen-bond acceptors (Lipinski definition) is 5. The van der Waals surface area contributed by atoms with Crippen LogP contribution in [0.5, 0.6) is 11.5 Å². The first-order valence-electron chi connectivity index (χ1n) is 8.34. The molecule has 2 rings (SSSR count). The van der Waals surface area contributed by atoms with Crippen molar-refractivity contribution in [3.8, 4) is 11.5 Å². The van der Waals surface area contributed by atoms with Gasteiger partial charge >= 0.3 is 0 Å². The van der Waals surface area contributed by atoms with Crippen LogP contribution in [0.2, 0.25) is 0 Å². The number of thioether (sulfide) groups is 1. The fraction of sp³-hybridized carbons (Fsp3) is 0.667. The maximum atomic E-state index is 5.61. The van der Waals surface area contributed by atoms with Gasteiger partial charge in [-0.1, -0.05) is 0 Å². The fourth-order valence-corrected chi connectivity index (χ4v) is 3.69. The van der Waals surface area contributed by atoms with Gasteiger partial charge in [-0.25, -0.2) is 0 Å². The van der Waals surface area contributed by atoms with E-state index in [0.717, 1.165) is 42.6 Å². The van der Waals surface area contributed by atoms with E-state index in [1.807, 2.05) is 0 Å². The van der Waals surface area contributed by atoms with Gasteiger partial charge in [0.15, 0.2) is 0 Å². The molecule has 1 aliphatic heterocycles. The van der Waals surface area contributed by atoms with Gasteiger partial charge in [-0.15, -0.1) is 11.8 Å². The monoisotopic (exact) mass is 338 g/mol. The van der Waals surface area contributed by atoms with Crippen molar-refractivity contribution in [2.45, 2.75) is 37.8 Å². The molecule has 0 atom stereocenters. The van der Waals surface area contributed by atoms with Gasteiger partial charge in [0.25, 0.3) is 0 Å². The summed E-state index contributed by atoms with van der Waals surface area (Å²) in [7, 11) is 3.48. The molecule has 0 bridgehead atoms. The van der Waals surface area contributed by atoms with Crippen molar-refractivity contribution >= 4 is 11.8 Å². The van der Waals surface area contributed by atoms with Crippen molar-refractivity contribution in [3.05, 3.63) is 17.7 Å². The van der Waals surface area contributed by atoms with E-state index in [1.54, 1.807) is 26.0 Å². The Morgan fingerprint density at radius 1 is 1.04 bits per heavy atom. The lowest BCUT2D eigenvalue weighted by Crippen LogP contribution is -2.35. The minimum Gasteiger partial charge on any atom is -0.496 e. The van der Waals surface area contributed by atoms with Gasteiger partial charge in [-0.2, -0.15) is 0 Å². The van der Waals surface area contributed by atoms with E-state index in [9.17, 15) is 0 Å². The molecule has 0 radical (unpaired) electrons. The maximum Gasteiger partial charge on any atom is 0.132 e. The van der Waals surface area contributed by atoms with Crippen molar-refractivity contribution in [2.75, 3.05) is 46.7 Å². The summed E-state index contributed by atoms with van der Waals surface area (Å²) >= 11 is 1.69. The quantitative estimate of drug-likeness (QED) is 0.741. The molecule has 1 aromatic carbocycles. The second-order valence-electron chi connectivity index (χ2n) is 6.28. The first kappa shape index (κ1) is 18.4. The molecular formula is C18H30N2O2S. The van der Waals surface area contributed by atoms with E-state index >= 15 is 0 Å². The average molecular weight is 339 g/mol. The second-order valence-corrected chi connectivity index (χ2v) is 7.13. The summed E-state index contributed by atoms with van der Waals surface area (Å²) < 4.78 is 11.1. The van der Waals surface area contributed by atoms with Gasteiger partial charge in [0.1, 0.15) is 11.5 Å². The van der Waals surface area contributed by atoms with Crippen LogP contribution in [0, 0.1) is 0 Å². The lowest BCUT2D eigenvalue weighted by Gasteiger charge is -2.25. The van der Waals surface area contributed by atoms with E-state index < -0.39 is 0 Å². The molecule has 0 saturated carbocycles. The molecule has 5 heteroatoms. The third-order valence-electron chi connectivity index (χ3n) is 4.53. The van der Waals surface area contributed by atoms with Crippen LogP contribution >= 0.6 is 11.8 Å². The Kier molecular flexibility index (Phi) is 7.06. The van der Waals surface area contributed by atoms with Crippen LogP contribution in [0.4, 0.5) is 0 Å². The topological polar surface area (TPSA) is 24.9 Å². The van der Waals surface area contributed by atoms with E-state index in [0.29, 0.717) is 6.04 Å². The van der Waals surface area contributed by atoms with Crippen LogP contribution in [0.25, 0.3) is 0 Å². The molecular weight excluding hydrogens is 308 g/mol. The highest BCUT2D eigenvalue weighted by molar-refractivity contribution is 7.98. The maximum absolute atomic E-state index is 5.61. The van der Waals surface area contributed by atoms with E-state index in [1.165, 1.54) is 18.5 Å². The van der Waals surface area contributed by atoms with Crippen LogP contribution in [0.15, 0.2) is 17.0 Å². The van der Waals surface area contributed by atoms with Gasteiger partial charge in [0.2, 0.25) is 0 Å². The van der Waals surface area contributed by atoms with Crippen molar-refractivity contribution in [1.82, 2.24) is 9.80 Å². The second kappa shape index (κ2) is 8.81. The zero-order valence-electron chi connectivity index (χ0n) is 15.1. The third-order valence-corrected chi connectivity index (χ3v) is 5.29. The van der Waals surface area contributed by atoms with Gasteiger partial charge in [0.05, 0.1) is 19.1 Å². The molecule has 1 aromatic rings. The molecule has 0 N–H and O–H groups in total. The minimum atomic E-state index is 0.630. The Labute approximate surface area is 145 Å². The van der Waals surface area contributed by atoms with E-state index in [4.69, 9.17) is 9.47 Å². The molecule has 0 aliphatic carbocycles. The smallest absolute Gasteiger partial charge is 0.132 e. The van der Waals surface area contributed by atoms with Crippen LogP contribution < -0.4 is 9.47 Å². The first-order valence-corrected chi connectivity index (χ1v) is 9.56. The van der Waals surface area contributed by atoms with Crippen LogP contribution in [0.1, 0.15) is 25.8 Å². The van der Waals surface area contributed by atoms with Crippen molar-refractivity contribution in [1.29, 1.82) is 0 Å². The summed E-state index contributed by atoms with van der Waals surface area (Å²) in [6.45, 7) is 10.1. The number of nitrogens with zero attached hydrogens (tertiary/aromatic N) is 2. The molecule has 0 unspecified atom stereocenters. The molecule has 1 aliphatic rings. The highest BCUT2D eigenvalue weighted by Crippen LogP contribution is 2.35. The summed E-state index contributed by atoms with van der Waals surface area (Å²) in [6.07, 6.45) is 3.28. The predicted octanol–water partition coefficient (Wildman–Crippen LogP) is 3.34. The zero-order valence-corrected chi connectivity index (χ0v) is 15.9. The summed E-state index contributed by atoms with van der Waals surface area (Å²) in [5.74, 6) is 1.90. The predicted molar refractivity (Wildman–Crippen MR) is 97.9 cm³/mol. The molecule has 23 heavy (non-hydrogen) atoms. The Bertz CT molecular complexity index is 508.